The third kappa shape index (κ3) is 6.06. The van der Waals surface area contributed by atoms with Crippen LogP contribution in [0.5, 0.6) is 0 Å². The van der Waals surface area contributed by atoms with E-state index in [1.54, 1.807) is 11.4 Å². The molecule has 1 aliphatic rings. The van der Waals surface area contributed by atoms with Crippen molar-refractivity contribution < 1.29 is 49.0 Å². The zero-order valence-corrected chi connectivity index (χ0v) is 15.4. The van der Waals surface area contributed by atoms with Gasteiger partial charge in [0.2, 0.25) is 0 Å². The first-order valence-corrected chi connectivity index (χ1v) is 13.3. The van der Waals surface area contributed by atoms with Gasteiger partial charge in [0.25, 0.3) is 0 Å². The van der Waals surface area contributed by atoms with Crippen molar-refractivity contribution in [3.63, 3.8) is 0 Å². The Morgan fingerprint density at radius 1 is 1.04 bits per heavy atom. The van der Waals surface area contributed by atoms with Gasteiger partial charge in [-0.3, -0.25) is 0 Å². The predicted molar refractivity (Wildman–Crippen MR) is 80.7 cm³/mol. The summed E-state index contributed by atoms with van der Waals surface area (Å²) in [5, 5.41) is 66.6. The van der Waals surface area contributed by atoms with Crippen LogP contribution in [0.3, 0.4) is 0 Å². The van der Waals surface area contributed by atoms with E-state index in [4.69, 9.17) is 14.6 Å². The predicted octanol–water partition coefficient (Wildman–Crippen LogP) is -3.48. The average molecular weight is 418 g/mol. The van der Waals surface area contributed by atoms with E-state index in [2.05, 4.69) is 0 Å². The molecular weight excluding hydrogens is 391 g/mol. The molecule has 0 saturated carbocycles. The second-order valence-electron chi connectivity index (χ2n) is 6.41. The Hall–Kier alpha value is -0.00156. The Bertz CT molecular complexity index is 429. The number of rotatable bonds is 9. The van der Waals surface area contributed by atoms with Gasteiger partial charge < -0.3 is 0 Å². The molecule has 0 aromatic rings. The molecule has 0 bridgehead atoms. The van der Waals surface area contributed by atoms with E-state index in [9.17, 15) is 34.4 Å². The molecule has 1 rings (SSSR count). The van der Waals surface area contributed by atoms with E-state index < -0.39 is 75.7 Å². The summed E-state index contributed by atoms with van der Waals surface area (Å²) in [5.41, 5.74) is 3.14. The van der Waals surface area contributed by atoms with Crippen molar-refractivity contribution in [2.24, 2.45) is 0 Å². The fraction of sp³-hybridized carbons (Fsp3) is 1.00. The topological polar surface area (TPSA) is 177 Å². The van der Waals surface area contributed by atoms with Gasteiger partial charge in [0.05, 0.1) is 0 Å². The van der Waals surface area contributed by atoms with Gasteiger partial charge in [0.15, 0.2) is 0 Å². The summed E-state index contributed by atoms with van der Waals surface area (Å²) in [6.45, 7) is -1.38. The molecule has 1 saturated heterocycles. The fourth-order valence-electron chi connectivity index (χ4n) is 2.29. The van der Waals surface area contributed by atoms with Crippen molar-refractivity contribution in [3.05, 3.63) is 0 Å². The normalized spacial score (nSPS) is 33.2. The SMILES string of the molecule is C[As](C)(=O)C[C@H]1O[C@@H](OC[C@@H](O)[C@@H](O)[C@H](O)[C@H](O)CO)[C@H](O)[C@@H]1O. The van der Waals surface area contributed by atoms with Crippen molar-refractivity contribution >= 4 is 13.5 Å². The summed E-state index contributed by atoms with van der Waals surface area (Å²) in [6.07, 6.45) is -11.8. The van der Waals surface area contributed by atoms with Gasteiger partial charge in [-0.25, -0.2) is 0 Å². The monoisotopic (exact) mass is 418 g/mol. The summed E-state index contributed by atoms with van der Waals surface area (Å²) >= 11 is -3.13. The number of hydrogen-bond acceptors (Lipinski definition) is 10. The second-order valence-corrected chi connectivity index (χ2v) is 13.8. The number of aliphatic hydroxyl groups is 7. The first-order valence-electron chi connectivity index (χ1n) is 7.48. The molecule has 0 aromatic heterocycles. The summed E-state index contributed by atoms with van der Waals surface area (Å²) in [6, 6.07) is 0. The maximum atomic E-state index is 11.9. The van der Waals surface area contributed by atoms with Gasteiger partial charge >= 0.3 is 141 Å². The van der Waals surface area contributed by atoms with Gasteiger partial charge in [0, 0.05) is 0 Å². The Balaban J connectivity index is 2.53. The third-order valence-electron chi connectivity index (χ3n) is 3.69. The number of aliphatic hydroxyl groups excluding tert-OH is 7. The molecule has 1 heterocycles. The zero-order chi connectivity index (χ0) is 18.7. The summed E-state index contributed by atoms with van der Waals surface area (Å²) in [4.78, 5) is 0. The van der Waals surface area contributed by atoms with Crippen molar-refractivity contribution in [2.45, 2.75) is 65.6 Å². The minimum atomic E-state index is -3.13. The van der Waals surface area contributed by atoms with Crippen LogP contribution in [0.2, 0.25) is 16.6 Å². The van der Waals surface area contributed by atoms with Crippen LogP contribution in [0.4, 0.5) is 0 Å². The van der Waals surface area contributed by atoms with Crippen LogP contribution in [0.15, 0.2) is 0 Å². The van der Waals surface area contributed by atoms with Gasteiger partial charge in [-0.05, 0) is 0 Å². The fourth-order valence-corrected chi connectivity index (χ4v) is 4.74. The Morgan fingerprint density at radius 3 is 2.08 bits per heavy atom. The zero-order valence-electron chi connectivity index (χ0n) is 13.5. The van der Waals surface area contributed by atoms with E-state index in [1.807, 2.05) is 0 Å². The third-order valence-corrected chi connectivity index (χ3v) is 6.29. The van der Waals surface area contributed by atoms with Crippen LogP contribution in [0.1, 0.15) is 0 Å². The molecule has 144 valence electrons. The quantitative estimate of drug-likeness (QED) is 0.186. The first-order chi connectivity index (χ1) is 11.0. The maximum absolute atomic E-state index is 11.9. The van der Waals surface area contributed by atoms with Gasteiger partial charge in [0.1, 0.15) is 0 Å². The van der Waals surface area contributed by atoms with Crippen LogP contribution in [-0.4, -0.2) is 111 Å². The molecule has 24 heavy (non-hydrogen) atoms. The van der Waals surface area contributed by atoms with E-state index in [1.165, 1.54) is 0 Å². The molecule has 1 fully saturated rings. The van der Waals surface area contributed by atoms with Crippen molar-refractivity contribution in [1.29, 1.82) is 0 Å². The summed E-state index contributed by atoms with van der Waals surface area (Å²) < 4.78 is 22.2. The van der Waals surface area contributed by atoms with Gasteiger partial charge in [-0.2, -0.15) is 0 Å². The second kappa shape index (κ2) is 9.09. The Kier molecular flexibility index (Phi) is 8.34. The van der Waals surface area contributed by atoms with E-state index in [0.717, 1.165) is 0 Å². The van der Waals surface area contributed by atoms with Crippen LogP contribution in [0.25, 0.3) is 0 Å². The van der Waals surface area contributed by atoms with E-state index in [-0.39, 0.29) is 5.21 Å². The van der Waals surface area contributed by atoms with E-state index in [0.29, 0.717) is 0 Å². The first kappa shape index (κ1) is 22.0. The Morgan fingerprint density at radius 2 is 1.58 bits per heavy atom. The van der Waals surface area contributed by atoms with Crippen molar-refractivity contribution in [1.82, 2.24) is 0 Å². The molecule has 0 amide bonds. The van der Waals surface area contributed by atoms with Crippen LogP contribution in [0, 0.1) is 0 Å². The van der Waals surface area contributed by atoms with Crippen LogP contribution >= 0.6 is 0 Å². The molecule has 11 heteroatoms. The van der Waals surface area contributed by atoms with Crippen LogP contribution in [-0.2, 0) is 13.2 Å². The molecular formula is C13H27AsO10. The standard InChI is InChI=1S/C13H27AsO10/c1-14(2,22)3-8-11(20)12(21)13(24-8)23-5-7(17)10(19)9(18)6(16)4-15/h6-13,15-21H,3-5H2,1-2H3/t6-,7-,8-,9-,10-,11-,12-,13-/m1/s1. The average Bonchev–Trinajstić information content (AvgIpc) is 2.76. The Labute approximate surface area is 141 Å². The summed E-state index contributed by atoms with van der Waals surface area (Å²) in [7, 11) is 0. The molecule has 8 atom stereocenters. The van der Waals surface area contributed by atoms with Crippen molar-refractivity contribution in [2.75, 3.05) is 13.2 Å². The van der Waals surface area contributed by atoms with Gasteiger partial charge in [-0.1, -0.05) is 0 Å². The minimum absolute atomic E-state index is 0.100. The molecule has 1 aliphatic heterocycles. The van der Waals surface area contributed by atoms with Crippen molar-refractivity contribution in [3.8, 4) is 0 Å². The number of hydrogen-bond donors (Lipinski definition) is 7. The van der Waals surface area contributed by atoms with Gasteiger partial charge in [-0.15, -0.1) is 0 Å². The molecule has 0 aliphatic carbocycles. The van der Waals surface area contributed by atoms with Crippen LogP contribution < -0.4 is 0 Å². The molecule has 0 radical (unpaired) electrons. The molecule has 10 nitrogen and oxygen atoms in total. The molecule has 0 aromatic carbocycles. The molecule has 0 unspecified atom stereocenters. The molecule has 7 N–H and O–H groups in total. The summed E-state index contributed by atoms with van der Waals surface area (Å²) in [5.74, 6) is 0. The molecule has 0 spiro atoms. The number of ether oxygens (including phenoxy) is 2. The van der Waals surface area contributed by atoms with E-state index >= 15 is 0 Å².